The predicted octanol–water partition coefficient (Wildman–Crippen LogP) is 3.55. The number of rotatable bonds is 6. The molecule has 1 amide bonds. The number of phenols is 1. The minimum atomic E-state index is -0.402. The van der Waals surface area contributed by atoms with Gasteiger partial charge in [0.1, 0.15) is 17.4 Å². The van der Waals surface area contributed by atoms with Crippen molar-refractivity contribution in [2.45, 2.75) is 19.0 Å². The standard InChI is InChI=1S/C23H23FN4O2/c24-18-5-3-6-19(12-18)27-23(30)17-8-9-22(26-14-17)28-11-10-20(15-28)25-13-16-4-1-2-7-21(16)29/h1-9,12,14,20,25,29H,10-11,13,15H2,(H,27,30)/t20-/m1/s1. The van der Waals surface area contributed by atoms with Crippen LogP contribution in [0.5, 0.6) is 5.75 Å². The quantitative estimate of drug-likeness (QED) is 0.584. The number of pyridine rings is 1. The summed E-state index contributed by atoms with van der Waals surface area (Å²) in [5.41, 5.74) is 1.70. The number of halogens is 1. The van der Waals surface area contributed by atoms with Crippen molar-refractivity contribution in [2.24, 2.45) is 0 Å². The van der Waals surface area contributed by atoms with Crippen molar-refractivity contribution < 1.29 is 14.3 Å². The van der Waals surface area contributed by atoms with E-state index in [0.717, 1.165) is 30.9 Å². The first-order valence-corrected chi connectivity index (χ1v) is 9.86. The van der Waals surface area contributed by atoms with Crippen molar-refractivity contribution in [3.8, 4) is 5.75 Å². The van der Waals surface area contributed by atoms with Crippen LogP contribution in [-0.2, 0) is 6.54 Å². The molecule has 1 aliphatic heterocycles. The molecule has 1 atom stereocenters. The van der Waals surface area contributed by atoms with Crippen LogP contribution < -0.4 is 15.5 Å². The van der Waals surface area contributed by atoms with Gasteiger partial charge < -0.3 is 20.6 Å². The number of carbonyl (C=O) groups excluding carboxylic acids is 1. The fourth-order valence-corrected chi connectivity index (χ4v) is 3.53. The Morgan fingerprint density at radius 3 is 2.80 bits per heavy atom. The van der Waals surface area contributed by atoms with Gasteiger partial charge in [-0.05, 0) is 42.8 Å². The van der Waals surface area contributed by atoms with Crippen molar-refractivity contribution in [3.05, 3.63) is 83.8 Å². The fourth-order valence-electron chi connectivity index (χ4n) is 3.53. The molecule has 0 spiro atoms. The van der Waals surface area contributed by atoms with Gasteiger partial charge in [0.2, 0.25) is 0 Å². The summed E-state index contributed by atoms with van der Waals surface area (Å²) in [5.74, 6) is 0.377. The van der Waals surface area contributed by atoms with E-state index in [4.69, 9.17) is 0 Å². The van der Waals surface area contributed by atoms with Crippen molar-refractivity contribution >= 4 is 17.4 Å². The van der Waals surface area contributed by atoms with E-state index in [2.05, 4.69) is 20.5 Å². The summed E-state index contributed by atoms with van der Waals surface area (Å²) in [4.78, 5) is 18.9. The summed E-state index contributed by atoms with van der Waals surface area (Å²) in [5, 5.41) is 16.0. The molecule has 6 nitrogen and oxygen atoms in total. The van der Waals surface area contributed by atoms with Gasteiger partial charge in [-0.3, -0.25) is 4.79 Å². The second-order valence-electron chi connectivity index (χ2n) is 7.31. The molecule has 30 heavy (non-hydrogen) atoms. The summed E-state index contributed by atoms with van der Waals surface area (Å²) in [6.07, 6.45) is 2.50. The summed E-state index contributed by atoms with van der Waals surface area (Å²) in [6.45, 7) is 2.27. The molecule has 0 radical (unpaired) electrons. The maximum Gasteiger partial charge on any atom is 0.257 e. The van der Waals surface area contributed by atoms with E-state index in [0.29, 0.717) is 29.6 Å². The van der Waals surface area contributed by atoms with Gasteiger partial charge in [0.15, 0.2) is 0 Å². The lowest BCUT2D eigenvalue weighted by Gasteiger charge is -2.18. The molecule has 1 fully saturated rings. The molecule has 1 saturated heterocycles. The van der Waals surface area contributed by atoms with Crippen molar-refractivity contribution in [1.29, 1.82) is 0 Å². The third-order valence-corrected chi connectivity index (χ3v) is 5.18. The Morgan fingerprint density at radius 1 is 1.17 bits per heavy atom. The van der Waals surface area contributed by atoms with Gasteiger partial charge in [-0.25, -0.2) is 9.37 Å². The van der Waals surface area contributed by atoms with Crippen LogP contribution in [0.1, 0.15) is 22.3 Å². The highest BCUT2D eigenvalue weighted by atomic mass is 19.1. The average molecular weight is 406 g/mol. The van der Waals surface area contributed by atoms with E-state index in [1.807, 2.05) is 24.3 Å². The Balaban J connectivity index is 1.32. The number of aromatic nitrogens is 1. The van der Waals surface area contributed by atoms with Gasteiger partial charge in [0.25, 0.3) is 5.91 Å². The Bertz CT molecular complexity index is 1030. The summed E-state index contributed by atoms with van der Waals surface area (Å²) >= 11 is 0. The Morgan fingerprint density at radius 2 is 2.03 bits per heavy atom. The number of hydrogen-bond donors (Lipinski definition) is 3. The Hall–Kier alpha value is -3.45. The number of amides is 1. The zero-order valence-electron chi connectivity index (χ0n) is 16.4. The monoisotopic (exact) mass is 406 g/mol. The van der Waals surface area contributed by atoms with E-state index < -0.39 is 5.82 Å². The second-order valence-corrected chi connectivity index (χ2v) is 7.31. The maximum absolute atomic E-state index is 13.3. The van der Waals surface area contributed by atoms with E-state index >= 15 is 0 Å². The lowest BCUT2D eigenvalue weighted by molar-refractivity contribution is 0.102. The molecule has 0 saturated carbocycles. The molecule has 3 aromatic rings. The van der Waals surface area contributed by atoms with E-state index in [1.165, 1.54) is 18.3 Å². The molecule has 1 aromatic heterocycles. The first kappa shape index (κ1) is 19.8. The van der Waals surface area contributed by atoms with E-state index in [1.54, 1.807) is 24.3 Å². The first-order chi connectivity index (χ1) is 14.6. The summed E-state index contributed by atoms with van der Waals surface area (Å²) in [6, 6.07) is 16.9. The largest absolute Gasteiger partial charge is 0.508 e. The number of carbonyl (C=O) groups is 1. The van der Waals surface area contributed by atoms with Gasteiger partial charge >= 0.3 is 0 Å². The van der Waals surface area contributed by atoms with Crippen molar-refractivity contribution in [1.82, 2.24) is 10.3 Å². The van der Waals surface area contributed by atoms with Gasteiger partial charge in [0.05, 0.1) is 5.56 Å². The van der Waals surface area contributed by atoms with Crippen molar-refractivity contribution in [3.63, 3.8) is 0 Å². The Labute approximate surface area is 174 Å². The number of anilines is 2. The first-order valence-electron chi connectivity index (χ1n) is 9.86. The average Bonchev–Trinajstić information content (AvgIpc) is 3.22. The zero-order chi connectivity index (χ0) is 20.9. The maximum atomic E-state index is 13.3. The normalized spacial score (nSPS) is 15.9. The van der Waals surface area contributed by atoms with Crippen molar-refractivity contribution in [2.75, 3.05) is 23.3 Å². The molecule has 0 aliphatic carbocycles. The molecule has 2 heterocycles. The van der Waals surface area contributed by atoms with Crippen LogP contribution in [0.4, 0.5) is 15.9 Å². The van der Waals surface area contributed by atoms with E-state index in [9.17, 15) is 14.3 Å². The van der Waals surface area contributed by atoms with E-state index in [-0.39, 0.29) is 5.91 Å². The molecule has 3 N–H and O–H groups in total. The second kappa shape index (κ2) is 8.92. The number of nitrogens with one attached hydrogen (secondary N) is 2. The highest BCUT2D eigenvalue weighted by Crippen LogP contribution is 2.20. The molecule has 7 heteroatoms. The molecule has 4 rings (SSSR count). The lowest BCUT2D eigenvalue weighted by atomic mass is 10.2. The molecule has 1 aliphatic rings. The molecule has 154 valence electrons. The molecular formula is C23H23FN4O2. The van der Waals surface area contributed by atoms with Gasteiger partial charge in [-0.2, -0.15) is 0 Å². The number of benzene rings is 2. The van der Waals surface area contributed by atoms with Gasteiger partial charge in [0, 0.05) is 43.1 Å². The van der Waals surface area contributed by atoms with Crippen LogP contribution in [-0.4, -0.2) is 35.1 Å². The number of hydrogen-bond acceptors (Lipinski definition) is 5. The third-order valence-electron chi connectivity index (χ3n) is 5.18. The highest BCUT2D eigenvalue weighted by Gasteiger charge is 2.23. The van der Waals surface area contributed by atoms with Crippen LogP contribution in [0, 0.1) is 5.82 Å². The lowest BCUT2D eigenvalue weighted by Crippen LogP contribution is -2.32. The van der Waals surface area contributed by atoms with Crippen LogP contribution in [0.3, 0.4) is 0 Å². The minimum Gasteiger partial charge on any atom is -0.508 e. The third kappa shape index (κ3) is 4.75. The van der Waals surface area contributed by atoms with Gasteiger partial charge in [-0.1, -0.05) is 24.3 Å². The fraction of sp³-hybridized carbons (Fsp3) is 0.217. The van der Waals surface area contributed by atoms with Gasteiger partial charge in [-0.15, -0.1) is 0 Å². The zero-order valence-corrected chi connectivity index (χ0v) is 16.4. The topological polar surface area (TPSA) is 77.5 Å². The number of phenolic OH excluding ortho intramolecular Hbond substituents is 1. The highest BCUT2D eigenvalue weighted by molar-refractivity contribution is 6.04. The smallest absolute Gasteiger partial charge is 0.257 e. The van der Waals surface area contributed by atoms with Crippen LogP contribution in [0.25, 0.3) is 0 Å². The number of aromatic hydroxyl groups is 1. The summed E-state index contributed by atoms with van der Waals surface area (Å²) < 4.78 is 13.3. The minimum absolute atomic E-state index is 0.294. The van der Waals surface area contributed by atoms with Crippen LogP contribution in [0.15, 0.2) is 66.9 Å². The molecular weight excluding hydrogens is 383 g/mol. The molecule has 0 bridgehead atoms. The van der Waals surface area contributed by atoms with Crippen LogP contribution in [0.2, 0.25) is 0 Å². The summed E-state index contributed by atoms with van der Waals surface area (Å²) in [7, 11) is 0. The van der Waals surface area contributed by atoms with Crippen LogP contribution >= 0.6 is 0 Å². The predicted molar refractivity (Wildman–Crippen MR) is 114 cm³/mol. The Kier molecular flexibility index (Phi) is 5.90. The number of nitrogens with zero attached hydrogens (tertiary/aromatic N) is 2. The number of para-hydroxylation sites is 1. The molecule has 0 unspecified atom stereocenters. The SMILES string of the molecule is O=C(Nc1cccc(F)c1)c1ccc(N2CC[C@@H](NCc3ccccc3O)C2)nc1. The molecule has 2 aromatic carbocycles.